The molecule has 0 unspecified atom stereocenters. The van der Waals surface area contributed by atoms with Crippen LogP contribution in [-0.2, 0) is 0 Å². The van der Waals surface area contributed by atoms with Gasteiger partial charge in [0.2, 0.25) is 0 Å². The summed E-state index contributed by atoms with van der Waals surface area (Å²) in [7, 11) is 0. The normalized spacial score (nSPS) is 9.79. The quantitative estimate of drug-likeness (QED) is 0.819. The maximum Gasteiger partial charge on any atom is 0.153 e. The van der Waals surface area contributed by atoms with Crippen LogP contribution in [0, 0.1) is 0 Å². The summed E-state index contributed by atoms with van der Waals surface area (Å²) in [6.45, 7) is 0. The van der Waals surface area contributed by atoms with Gasteiger partial charge >= 0.3 is 0 Å². The fourth-order valence-corrected chi connectivity index (χ4v) is 1.07. The number of halogens is 1. The van der Waals surface area contributed by atoms with E-state index >= 15 is 0 Å². The number of rotatable bonds is 2. The van der Waals surface area contributed by atoms with Crippen molar-refractivity contribution in [2.75, 3.05) is 5.32 Å². The molecule has 70 valence electrons. The van der Waals surface area contributed by atoms with E-state index < -0.39 is 0 Å². The minimum Gasteiger partial charge on any atom is -0.337 e. The standard InChI is InChI=1S/C9H7ClN4/c10-8-3-4-9(14-13-8)12-7-2-1-5-11-6-7/h1-6H,(H,12,14). The van der Waals surface area contributed by atoms with Gasteiger partial charge < -0.3 is 5.32 Å². The molecule has 0 atom stereocenters. The Balaban J connectivity index is 2.16. The van der Waals surface area contributed by atoms with Gasteiger partial charge in [-0.1, -0.05) is 11.6 Å². The lowest BCUT2D eigenvalue weighted by Crippen LogP contribution is -1.94. The molecule has 0 saturated carbocycles. The van der Waals surface area contributed by atoms with Crippen LogP contribution in [0.5, 0.6) is 0 Å². The van der Waals surface area contributed by atoms with Gasteiger partial charge in [0.05, 0.1) is 11.9 Å². The van der Waals surface area contributed by atoms with Crippen LogP contribution in [-0.4, -0.2) is 15.2 Å². The maximum absolute atomic E-state index is 5.60. The summed E-state index contributed by atoms with van der Waals surface area (Å²) in [6.07, 6.45) is 3.41. The molecule has 0 aliphatic rings. The van der Waals surface area contributed by atoms with E-state index in [9.17, 15) is 0 Å². The van der Waals surface area contributed by atoms with Gasteiger partial charge in [0, 0.05) is 6.20 Å². The van der Waals surface area contributed by atoms with Crippen molar-refractivity contribution in [3.05, 3.63) is 41.8 Å². The van der Waals surface area contributed by atoms with Gasteiger partial charge in [-0.05, 0) is 24.3 Å². The van der Waals surface area contributed by atoms with Crippen LogP contribution in [0.4, 0.5) is 11.5 Å². The van der Waals surface area contributed by atoms with Crippen LogP contribution in [0.1, 0.15) is 0 Å². The molecular weight excluding hydrogens is 200 g/mol. The van der Waals surface area contributed by atoms with Crippen molar-refractivity contribution >= 4 is 23.1 Å². The molecule has 0 radical (unpaired) electrons. The molecule has 0 amide bonds. The minimum absolute atomic E-state index is 0.377. The van der Waals surface area contributed by atoms with Crippen LogP contribution in [0.25, 0.3) is 0 Å². The van der Waals surface area contributed by atoms with E-state index in [1.165, 1.54) is 0 Å². The van der Waals surface area contributed by atoms with Crippen LogP contribution >= 0.6 is 11.6 Å². The highest BCUT2D eigenvalue weighted by molar-refractivity contribution is 6.29. The van der Waals surface area contributed by atoms with E-state index in [1.54, 1.807) is 24.5 Å². The third-order valence-electron chi connectivity index (χ3n) is 1.57. The molecule has 0 spiro atoms. The summed E-state index contributed by atoms with van der Waals surface area (Å²) in [5.74, 6) is 0.641. The molecule has 4 nitrogen and oxygen atoms in total. The average molecular weight is 207 g/mol. The monoisotopic (exact) mass is 206 g/mol. The molecule has 0 bridgehead atoms. The van der Waals surface area contributed by atoms with Crippen molar-refractivity contribution in [1.29, 1.82) is 0 Å². The van der Waals surface area contributed by atoms with Crippen molar-refractivity contribution in [2.45, 2.75) is 0 Å². The van der Waals surface area contributed by atoms with E-state index in [0.29, 0.717) is 11.0 Å². The second-order valence-corrected chi connectivity index (χ2v) is 3.00. The van der Waals surface area contributed by atoms with Crippen LogP contribution in [0.3, 0.4) is 0 Å². The largest absolute Gasteiger partial charge is 0.337 e. The predicted molar refractivity (Wildman–Crippen MR) is 54.6 cm³/mol. The summed E-state index contributed by atoms with van der Waals surface area (Å²) in [4.78, 5) is 3.96. The second-order valence-electron chi connectivity index (χ2n) is 2.61. The van der Waals surface area contributed by atoms with Crippen molar-refractivity contribution in [3.63, 3.8) is 0 Å². The molecule has 2 aromatic heterocycles. The Kier molecular flexibility index (Phi) is 2.55. The highest BCUT2D eigenvalue weighted by Crippen LogP contribution is 2.12. The Morgan fingerprint density at radius 2 is 2.07 bits per heavy atom. The number of hydrogen-bond donors (Lipinski definition) is 1. The summed E-state index contributed by atoms with van der Waals surface area (Å²) < 4.78 is 0. The Hall–Kier alpha value is -1.68. The lowest BCUT2D eigenvalue weighted by molar-refractivity contribution is 1.04. The minimum atomic E-state index is 0.377. The van der Waals surface area contributed by atoms with Gasteiger partial charge in [-0.15, -0.1) is 10.2 Å². The Labute approximate surface area is 86.0 Å². The smallest absolute Gasteiger partial charge is 0.153 e. The highest BCUT2D eigenvalue weighted by atomic mass is 35.5. The Morgan fingerprint density at radius 3 is 2.71 bits per heavy atom. The fraction of sp³-hybridized carbons (Fsp3) is 0. The van der Waals surface area contributed by atoms with Crippen molar-refractivity contribution in [2.24, 2.45) is 0 Å². The molecule has 5 heteroatoms. The van der Waals surface area contributed by atoms with E-state index in [1.807, 2.05) is 12.1 Å². The molecule has 2 heterocycles. The van der Waals surface area contributed by atoms with Gasteiger partial charge in [-0.2, -0.15) is 0 Å². The van der Waals surface area contributed by atoms with Gasteiger partial charge in [0.1, 0.15) is 0 Å². The highest BCUT2D eigenvalue weighted by Gasteiger charge is 1.95. The number of aromatic nitrogens is 3. The number of nitrogens with one attached hydrogen (secondary N) is 1. The van der Waals surface area contributed by atoms with Crippen LogP contribution in [0.15, 0.2) is 36.7 Å². The Bertz CT molecular complexity index is 401. The van der Waals surface area contributed by atoms with Gasteiger partial charge in [0.25, 0.3) is 0 Å². The molecule has 0 aromatic carbocycles. The number of pyridine rings is 1. The van der Waals surface area contributed by atoms with Crippen molar-refractivity contribution in [1.82, 2.24) is 15.2 Å². The van der Waals surface area contributed by atoms with Crippen molar-refractivity contribution < 1.29 is 0 Å². The predicted octanol–water partition coefficient (Wildman–Crippen LogP) is 2.27. The molecule has 14 heavy (non-hydrogen) atoms. The molecule has 0 saturated heterocycles. The molecule has 1 N–H and O–H groups in total. The zero-order chi connectivity index (χ0) is 9.80. The lowest BCUT2D eigenvalue weighted by atomic mass is 10.4. The SMILES string of the molecule is Clc1ccc(Nc2cccnc2)nn1. The molecular formula is C9H7ClN4. The van der Waals surface area contributed by atoms with E-state index in [0.717, 1.165) is 5.69 Å². The second kappa shape index (κ2) is 4.02. The third-order valence-corrected chi connectivity index (χ3v) is 1.77. The molecule has 2 rings (SSSR count). The average Bonchev–Trinajstić information content (AvgIpc) is 2.23. The lowest BCUT2D eigenvalue weighted by Gasteiger charge is -2.02. The molecule has 0 aliphatic heterocycles. The summed E-state index contributed by atoms with van der Waals surface area (Å²) >= 11 is 5.60. The number of anilines is 2. The summed E-state index contributed by atoms with van der Waals surface area (Å²) in [5, 5.41) is 11.0. The van der Waals surface area contributed by atoms with Gasteiger partial charge in [-0.25, -0.2) is 0 Å². The first-order valence-corrected chi connectivity index (χ1v) is 4.39. The number of nitrogens with zero attached hydrogens (tertiary/aromatic N) is 3. The first kappa shape index (κ1) is 8.90. The zero-order valence-corrected chi connectivity index (χ0v) is 7.94. The third kappa shape index (κ3) is 2.17. The van der Waals surface area contributed by atoms with Gasteiger partial charge in [0.15, 0.2) is 11.0 Å². The van der Waals surface area contributed by atoms with Gasteiger partial charge in [-0.3, -0.25) is 4.98 Å². The van der Waals surface area contributed by atoms with Crippen molar-refractivity contribution in [3.8, 4) is 0 Å². The van der Waals surface area contributed by atoms with Crippen LogP contribution in [0.2, 0.25) is 5.15 Å². The van der Waals surface area contributed by atoms with Crippen LogP contribution < -0.4 is 5.32 Å². The molecule has 0 aliphatic carbocycles. The molecule has 0 fully saturated rings. The number of hydrogen-bond acceptors (Lipinski definition) is 4. The van der Waals surface area contributed by atoms with E-state index in [4.69, 9.17) is 11.6 Å². The van der Waals surface area contributed by atoms with E-state index in [2.05, 4.69) is 20.5 Å². The van der Waals surface area contributed by atoms with E-state index in [-0.39, 0.29) is 0 Å². The first-order chi connectivity index (χ1) is 6.84. The topological polar surface area (TPSA) is 50.7 Å². The molecule has 2 aromatic rings. The summed E-state index contributed by atoms with van der Waals surface area (Å²) in [6, 6.07) is 7.16. The fourth-order valence-electron chi connectivity index (χ4n) is 0.967. The summed E-state index contributed by atoms with van der Waals surface area (Å²) in [5.41, 5.74) is 0.865. The zero-order valence-electron chi connectivity index (χ0n) is 7.18. The first-order valence-electron chi connectivity index (χ1n) is 4.01. The Morgan fingerprint density at radius 1 is 1.14 bits per heavy atom. The maximum atomic E-state index is 5.60.